The van der Waals surface area contributed by atoms with Gasteiger partial charge in [-0.05, 0) is 25.0 Å². The van der Waals surface area contributed by atoms with Crippen LogP contribution in [0, 0.1) is 11.7 Å². The molecule has 6 heteroatoms. The molecule has 1 saturated heterocycles. The number of nitrogens with zero attached hydrogens (tertiary/aromatic N) is 1. The summed E-state index contributed by atoms with van der Waals surface area (Å²) >= 11 is 0. The molecule has 22 heavy (non-hydrogen) atoms. The van der Waals surface area contributed by atoms with Gasteiger partial charge in [0.1, 0.15) is 0 Å². The first kappa shape index (κ1) is 16.3. The highest BCUT2D eigenvalue weighted by molar-refractivity contribution is 5.94. The number of methoxy groups -OCH3 is 1. The van der Waals surface area contributed by atoms with Gasteiger partial charge in [0.05, 0.1) is 7.11 Å². The molecule has 1 heterocycles. The van der Waals surface area contributed by atoms with Gasteiger partial charge in [-0.25, -0.2) is 4.39 Å². The fourth-order valence-electron chi connectivity index (χ4n) is 2.65. The Hall–Kier alpha value is -2.11. The van der Waals surface area contributed by atoms with Crippen LogP contribution in [0.1, 0.15) is 25.7 Å². The average molecular weight is 308 g/mol. The third-order valence-electron chi connectivity index (χ3n) is 3.89. The predicted molar refractivity (Wildman–Crippen MR) is 81.2 cm³/mol. The molecule has 1 atom stereocenters. The summed E-state index contributed by atoms with van der Waals surface area (Å²) in [5, 5.41) is 2.63. The SMILES string of the molecule is COc1ccc(NC(=O)CC2CCCCN(C)C2=O)cc1F. The quantitative estimate of drug-likeness (QED) is 0.929. The van der Waals surface area contributed by atoms with Crippen LogP contribution in [0.3, 0.4) is 0 Å². The molecule has 1 aromatic rings. The van der Waals surface area contributed by atoms with E-state index in [1.807, 2.05) is 0 Å². The second kappa shape index (κ2) is 7.24. The van der Waals surface area contributed by atoms with Crippen molar-refractivity contribution in [2.24, 2.45) is 5.92 Å². The lowest BCUT2D eigenvalue weighted by atomic mass is 9.98. The third-order valence-corrected chi connectivity index (χ3v) is 3.89. The molecule has 1 unspecified atom stereocenters. The Kier molecular flexibility index (Phi) is 5.35. The molecule has 1 aliphatic rings. The molecule has 2 rings (SSSR count). The van der Waals surface area contributed by atoms with E-state index in [4.69, 9.17) is 4.74 Å². The van der Waals surface area contributed by atoms with E-state index < -0.39 is 5.82 Å². The molecule has 5 nitrogen and oxygen atoms in total. The standard InChI is InChI=1S/C16H21FN2O3/c1-19-8-4-3-5-11(16(19)21)9-15(20)18-12-6-7-14(22-2)13(17)10-12/h6-7,10-11H,3-5,8-9H2,1-2H3,(H,18,20). The highest BCUT2D eigenvalue weighted by Gasteiger charge is 2.26. The van der Waals surface area contributed by atoms with Crippen LogP contribution in [-0.4, -0.2) is 37.4 Å². The number of hydrogen-bond donors (Lipinski definition) is 1. The van der Waals surface area contributed by atoms with Crippen LogP contribution in [0.5, 0.6) is 5.75 Å². The fraction of sp³-hybridized carbons (Fsp3) is 0.500. The fourth-order valence-corrected chi connectivity index (χ4v) is 2.65. The molecule has 2 amide bonds. The maximum absolute atomic E-state index is 13.6. The van der Waals surface area contributed by atoms with Gasteiger partial charge >= 0.3 is 0 Å². The van der Waals surface area contributed by atoms with Crippen molar-refractivity contribution in [2.75, 3.05) is 26.0 Å². The van der Waals surface area contributed by atoms with Crippen molar-refractivity contribution in [1.29, 1.82) is 0 Å². The highest BCUT2D eigenvalue weighted by Crippen LogP contribution is 2.23. The molecule has 120 valence electrons. The van der Waals surface area contributed by atoms with E-state index >= 15 is 0 Å². The minimum Gasteiger partial charge on any atom is -0.494 e. The first-order chi connectivity index (χ1) is 10.5. The Morgan fingerprint density at radius 3 is 2.91 bits per heavy atom. The summed E-state index contributed by atoms with van der Waals surface area (Å²) in [5.41, 5.74) is 0.359. The van der Waals surface area contributed by atoms with E-state index in [1.165, 1.54) is 19.2 Å². The Balaban J connectivity index is 1.97. The van der Waals surface area contributed by atoms with E-state index in [0.717, 1.165) is 19.4 Å². The van der Waals surface area contributed by atoms with Crippen LogP contribution in [0.25, 0.3) is 0 Å². The third kappa shape index (κ3) is 3.96. The zero-order valence-electron chi connectivity index (χ0n) is 12.9. The number of rotatable bonds is 4. The smallest absolute Gasteiger partial charge is 0.225 e. The van der Waals surface area contributed by atoms with E-state index in [1.54, 1.807) is 18.0 Å². The molecule has 1 fully saturated rings. The molecule has 1 aliphatic heterocycles. The molecule has 0 aliphatic carbocycles. The first-order valence-corrected chi connectivity index (χ1v) is 7.39. The van der Waals surface area contributed by atoms with E-state index in [-0.39, 0.29) is 29.9 Å². The monoisotopic (exact) mass is 308 g/mol. The highest BCUT2D eigenvalue weighted by atomic mass is 19.1. The minimum atomic E-state index is -0.537. The molecule has 0 aromatic heterocycles. The van der Waals surface area contributed by atoms with Crippen molar-refractivity contribution in [3.63, 3.8) is 0 Å². The number of halogens is 1. The van der Waals surface area contributed by atoms with Crippen molar-refractivity contribution < 1.29 is 18.7 Å². The minimum absolute atomic E-state index is 0.00793. The summed E-state index contributed by atoms with van der Waals surface area (Å²) in [4.78, 5) is 25.9. The van der Waals surface area contributed by atoms with Crippen molar-refractivity contribution in [2.45, 2.75) is 25.7 Å². The number of nitrogens with one attached hydrogen (secondary N) is 1. The summed E-state index contributed by atoms with van der Waals surface area (Å²) in [7, 11) is 3.14. The Morgan fingerprint density at radius 1 is 1.45 bits per heavy atom. The van der Waals surface area contributed by atoms with Gasteiger partial charge in [-0.3, -0.25) is 9.59 Å². The molecule has 1 N–H and O–H groups in total. The van der Waals surface area contributed by atoms with Crippen LogP contribution >= 0.6 is 0 Å². The topological polar surface area (TPSA) is 58.6 Å². The molecular formula is C16H21FN2O3. The van der Waals surface area contributed by atoms with E-state index in [0.29, 0.717) is 12.1 Å². The molecule has 1 aromatic carbocycles. The van der Waals surface area contributed by atoms with E-state index in [9.17, 15) is 14.0 Å². The van der Waals surface area contributed by atoms with Crippen molar-refractivity contribution in [3.05, 3.63) is 24.0 Å². The van der Waals surface area contributed by atoms with Crippen LogP contribution in [0.2, 0.25) is 0 Å². The van der Waals surface area contributed by atoms with Gasteiger partial charge < -0.3 is 15.0 Å². The molecule has 0 radical (unpaired) electrons. The van der Waals surface area contributed by atoms with Crippen molar-refractivity contribution >= 4 is 17.5 Å². The van der Waals surface area contributed by atoms with Gasteiger partial charge in [0.15, 0.2) is 11.6 Å². The number of carbonyl (C=O) groups excluding carboxylic acids is 2. The lowest BCUT2D eigenvalue weighted by molar-refractivity contribution is -0.135. The summed E-state index contributed by atoms with van der Waals surface area (Å²) in [6, 6.07) is 4.23. The predicted octanol–water partition coefficient (Wildman–Crippen LogP) is 2.42. The molecule has 0 spiro atoms. The Bertz CT molecular complexity index is 562. The number of amides is 2. The number of hydrogen-bond acceptors (Lipinski definition) is 3. The summed E-state index contributed by atoms with van der Waals surface area (Å²) in [6.45, 7) is 0.737. The summed E-state index contributed by atoms with van der Waals surface area (Å²) in [5.74, 6) is -0.980. The summed E-state index contributed by atoms with van der Waals surface area (Å²) < 4.78 is 18.4. The lowest BCUT2D eigenvalue weighted by Gasteiger charge is -2.19. The van der Waals surface area contributed by atoms with Gasteiger partial charge in [0.25, 0.3) is 0 Å². The van der Waals surface area contributed by atoms with Crippen LogP contribution < -0.4 is 10.1 Å². The number of benzene rings is 1. The van der Waals surface area contributed by atoms with Crippen molar-refractivity contribution in [3.8, 4) is 5.75 Å². The second-order valence-corrected chi connectivity index (χ2v) is 5.55. The van der Waals surface area contributed by atoms with Crippen LogP contribution in [0.15, 0.2) is 18.2 Å². The van der Waals surface area contributed by atoms with Gasteiger partial charge in [-0.15, -0.1) is 0 Å². The number of ether oxygens (including phenoxy) is 1. The zero-order valence-corrected chi connectivity index (χ0v) is 12.9. The second-order valence-electron chi connectivity index (χ2n) is 5.55. The lowest BCUT2D eigenvalue weighted by Crippen LogP contribution is -2.33. The molecule has 0 saturated carbocycles. The van der Waals surface area contributed by atoms with Gasteiger partial charge in [0, 0.05) is 37.7 Å². The van der Waals surface area contributed by atoms with E-state index in [2.05, 4.69) is 5.32 Å². The average Bonchev–Trinajstić information content (AvgIpc) is 2.63. The largest absolute Gasteiger partial charge is 0.494 e. The van der Waals surface area contributed by atoms with Crippen LogP contribution in [0.4, 0.5) is 10.1 Å². The van der Waals surface area contributed by atoms with Gasteiger partial charge in [-0.2, -0.15) is 0 Å². The number of carbonyl (C=O) groups is 2. The summed E-state index contributed by atoms with van der Waals surface area (Å²) in [6.07, 6.45) is 2.74. The number of anilines is 1. The Morgan fingerprint density at radius 2 is 2.23 bits per heavy atom. The molecule has 0 bridgehead atoms. The van der Waals surface area contributed by atoms with Crippen molar-refractivity contribution in [1.82, 2.24) is 4.90 Å². The Labute approximate surface area is 129 Å². The normalized spacial score (nSPS) is 18.8. The number of likely N-dealkylation sites (tertiary alicyclic amines) is 1. The van der Waals surface area contributed by atoms with Gasteiger partial charge in [-0.1, -0.05) is 6.42 Å². The van der Waals surface area contributed by atoms with Crippen LogP contribution in [-0.2, 0) is 9.59 Å². The zero-order chi connectivity index (χ0) is 16.1. The van der Waals surface area contributed by atoms with Gasteiger partial charge in [0.2, 0.25) is 11.8 Å². The maximum atomic E-state index is 13.6. The maximum Gasteiger partial charge on any atom is 0.225 e. The first-order valence-electron chi connectivity index (χ1n) is 7.39. The molecular weight excluding hydrogens is 287 g/mol.